The molecule has 1 fully saturated rings. The predicted molar refractivity (Wildman–Crippen MR) is 90.1 cm³/mol. The number of piperidine rings is 1. The average molecular weight is 290 g/mol. The van der Waals surface area contributed by atoms with Crippen LogP contribution in [0.1, 0.15) is 64.9 Å². The predicted octanol–water partition coefficient (Wildman–Crippen LogP) is 4.02. The van der Waals surface area contributed by atoms with Crippen LogP contribution in [0.5, 0.6) is 0 Å². The van der Waals surface area contributed by atoms with Gasteiger partial charge in [0, 0.05) is 24.7 Å². The van der Waals surface area contributed by atoms with Gasteiger partial charge in [0.05, 0.1) is 0 Å². The van der Waals surface area contributed by atoms with E-state index in [0.717, 1.165) is 31.7 Å². The van der Waals surface area contributed by atoms with E-state index < -0.39 is 0 Å². The Morgan fingerprint density at radius 1 is 1.19 bits per heavy atom. The first-order valence-electron chi connectivity index (χ1n) is 8.66. The van der Waals surface area contributed by atoms with Crippen molar-refractivity contribution in [3.63, 3.8) is 0 Å². The molecule has 1 aliphatic heterocycles. The third-order valence-corrected chi connectivity index (χ3v) is 4.34. The van der Waals surface area contributed by atoms with Crippen LogP contribution in [0, 0.1) is 0 Å². The number of nitrogens with one attached hydrogen (secondary N) is 1. The van der Waals surface area contributed by atoms with E-state index in [-0.39, 0.29) is 0 Å². The highest BCUT2D eigenvalue weighted by Crippen LogP contribution is 2.31. The van der Waals surface area contributed by atoms with Gasteiger partial charge < -0.3 is 10.2 Å². The van der Waals surface area contributed by atoms with Gasteiger partial charge >= 0.3 is 0 Å². The third-order valence-electron chi connectivity index (χ3n) is 4.34. The van der Waals surface area contributed by atoms with Crippen LogP contribution in [0.15, 0.2) is 6.33 Å². The van der Waals surface area contributed by atoms with Crippen LogP contribution >= 0.6 is 0 Å². The Balaban J connectivity index is 2.27. The molecule has 0 aromatic carbocycles. The highest BCUT2D eigenvalue weighted by molar-refractivity contribution is 5.59. The van der Waals surface area contributed by atoms with Crippen molar-refractivity contribution in [2.45, 2.75) is 71.8 Å². The zero-order valence-electron chi connectivity index (χ0n) is 13.9. The van der Waals surface area contributed by atoms with Crippen molar-refractivity contribution in [1.29, 1.82) is 0 Å². The van der Waals surface area contributed by atoms with Crippen molar-refractivity contribution in [3.8, 4) is 0 Å². The summed E-state index contributed by atoms with van der Waals surface area (Å²) in [5.74, 6) is 2.20. The number of nitrogens with zero attached hydrogens (tertiary/aromatic N) is 3. The fourth-order valence-corrected chi connectivity index (χ4v) is 3.28. The smallest absolute Gasteiger partial charge is 0.137 e. The van der Waals surface area contributed by atoms with Crippen molar-refractivity contribution >= 4 is 11.6 Å². The summed E-state index contributed by atoms with van der Waals surface area (Å²) in [6.45, 7) is 8.78. The summed E-state index contributed by atoms with van der Waals surface area (Å²) in [7, 11) is 0. The average Bonchev–Trinajstić information content (AvgIpc) is 2.53. The SMILES string of the molecule is CCCNc1ncnc(N2CCCCC2CCC)c1CC. The van der Waals surface area contributed by atoms with Gasteiger partial charge in [0.15, 0.2) is 0 Å². The minimum Gasteiger partial charge on any atom is -0.370 e. The molecule has 1 aromatic heterocycles. The van der Waals surface area contributed by atoms with E-state index in [1.54, 1.807) is 6.33 Å². The second-order valence-corrected chi connectivity index (χ2v) is 5.94. The molecule has 118 valence electrons. The maximum absolute atomic E-state index is 4.65. The molecule has 0 aliphatic carbocycles. The first-order valence-corrected chi connectivity index (χ1v) is 8.66. The second-order valence-electron chi connectivity index (χ2n) is 5.94. The van der Waals surface area contributed by atoms with Crippen LogP contribution in [0.25, 0.3) is 0 Å². The molecular weight excluding hydrogens is 260 g/mol. The van der Waals surface area contributed by atoms with Gasteiger partial charge in [-0.05, 0) is 38.5 Å². The second kappa shape index (κ2) is 8.20. The van der Waals surface area contributed by atoms with Crippen molar-refractivity contribution in [3.05, 3.63) is 11.9 Å². The van der Waals surface area contributed by atoms with Gasteiger partial charge in [-0.1, -0.05) is 27.2 Å². The summed E-state index contributed by atoms with van der Waals surface area (Å²) in [5, 5.41) is 3.46. The zero-order valence-corrected chi connectivity index (χ0v) is 13.9. The highest BCUT2D eigenvalue weighted by atomic mass is 15.2. The van der Waals surface area contributed by atoms with Gasteiger partial charge in [0.1, 0.15) is 18.0 Å². The molecular formula is C17H30N4. The number of anilines is 2. The minimum absolute atomic E-state index is 0.656. The molecule has 1 saturated heterocycles. The molecule has 1 aromatic rings. The van der Waals surface area contributed by atoms with E-state index in [4.69, 9.17) is 0 Å². The van der Waals surface area contributed by atoms with Gasteiger partial charge in [0.25, 0.3) is 0 Å². The lowest BCUT2D eigenvalue weighted by atomic mass is 9.97. The molecule has 1 atom stereocenters. The van der Waals surface area contributed by atoms with Gasteiger partial charge in [-0.15, -0.1) is 0 Å². The van der Waals surface area contributed by atoms with Crippen LogP contribution < -0.4 is 10.2 Å². The van der Waals surface area contributed by atoms with Crippen LogP contribution in [0.2, 0.25) is 0 Å². The first kappa shape index (κ1) is 16.1. The number of aromatic nitrogens is 2. The van der Waals surface area contributed by atoms with Crippen LogP contribution in [0.3, 0.4) is 0 Å². The lowest BCUT2D eigenvalue weighted by molar-refractivity contribution is 0.431. The van der Waals surface area contributed by atoms with E-state index >= 15 is 0 Å². The van der Waals surface area contributed by atoms with E-state index in [2.05, 4.69) is 41.0 Å². The molecule has 0 saturated carbocycles. The molecule has 21 heavy (non-hydrogen) atoms. The van der Waals surface area contributed by atoms with E-state index in [1.165, 1.54) is 43.5 Å². The van der Waals surface area contributed by atoms with Crippen LogP contribution in [0.4, 0.5) is 11.6 Å². The van der Waals surface area contributed by atoms with Crippen molar-refractivity contribution in [2.75, 3.05) is 23.3 Å². The summed E-state index contributed by atoms with van der Waals surface area (Å²) in [4.78, 5) is 11.7. The van der Waals surface area contributed by atoms with E-state index in [1.807, 2.05) is 0 Å². The summed E-state index contributed by atoms with van der Waals surface area (Å²) >= 11 is 0. The molecule has 0 bridgehead atoms. The molecule has 4 nitrogen and oxygen atoms in total. The van der Waals surface area contributed by atoms with Crippen LogP contribution in [-0.2, 0) is 6.42 Å². The highest BCUT2D eigenvalue weighted by Gasteiger charge is 2.25. The molecule has 2 heterocycles. The van der Waals surface area contributed by atoms with Crippen LogP contribution in [-0.4, -0.2) is 29.1 Å². The van der Waals surface area contributed by atoms with Gasteiger partial charge in [-0.2, -0.15) is 0 Å². The van der Waals surface area contributed by atoms with E-state index in [9.17, 15) is 0 Å². The Bertz CT molecular complexity index is 431. The Labute approximate surface area is 129 Å². The summed E-state index contributed by atoms with van der Waals surface area (Å²) in [6, 6.07) is 0.656. The number of rotatable bonds is 7. The topological polar surface area (TPSA) is 41.1 Å². The molecule has 0 radical (unpaired) electrons. The minimum atomic E-state index is 0.656. The quantitative estimate of drug-likeness (QED) is 0.823. The van der Waals surface area contributed by atoms with Gasteiger partial charge in [-0.25, -0.2) is 9.97 Å². The van der Waals surface area contributed by atoms with Crippen molar-refractivity contribution in [1.82, 2.24) is 9.97 Å². The molecule has 1 N–H and O–H groups in total. The maximum Gasteiger partial charge on any atom is 0.137 e. The maximum atomic E-state index is 4.65. The summed E-state index contributed by atoms with van der Waals surface area (Å²) in [5.41, 5.74) is 1.29. The van der Waals surface area contributed by atoms with Crippen molar-refractivity contribution < 1.29 is 0 Å². The van der Waals surface area contributed by atoms with Gasteiger partial charge in [0.2, 0.25) is 0 Å². The number of hydrogen-bond donors (Lipinski definition) is 1. The lowest BCUT2D eigenvalue weighted by Crippen LogP contribution is -2.40. The van der Waals surface area contributed by atoms with E-state index in [0.29, 0.717) is 6.04 Å². The Morgan fingerprint density at radius 3 is 2.76 bits per heavy atom. The third kappa shape index (κ3) is 3.86. The number of hydrogen-bond acceptors (Lipinski definition) is 4. The summed E-state index contributed by atoms with van der Waals surface area (Å²) < 4.78 is 0. The standard InChI is InChI=1S/C17H30N4/c1-4-9-14-10-7-8-12-21(14)17-15(6-3)16(18-11-5-2)19-13-20-17/h13-14H,4-12H2,1-3H3,(H,18,19,20). The molecule has 2 rings (SSSR count). The summed E-state index contributed by atoms with van der Waals surface area (Å²) in [6.07, 6.45) is 10.3. The lowest BCUT2D eigenvalue weighted by Gasteiger charge is -2.38. The fourth-order valence-electron chi connectivity index (χ4n) is 3.28. The Kier molecular flexibility index (Phi) is 6.27. The molecule has 4 heteroatoms. The molecule has 0 amide bonds. The Hall–Kier alpha value is -1.32. The Morgan fingerprint density at radius 2 is 2.05 bits per heavy atom. The molecule has 0 spiro atoms. The fraction of sp³-hybridized carbons (Fsp3) is 0.765. The van der Waals surface area contributed by atoms with Gasteiger partial charge in [-0.3, -0.25) is 0 Å². The van der Waals surface area contributed by atoms with Crippen molar-refractivity contribution in [2.24, 2.45) is 0 Å². The largest absolute Gasteiger partial charge is 0.370 e. The monoisotopic (exact) mass is 290 g/mol. The molecule has 1 unspecified atom stereocenters. The first-order chi connectivity index (χ1) is 10.3. The molecule has 1 aliphatic rings. The zero-order chi connectivity index (χ0) is 15.1. The normalized spacial score (nSPS) is 18.8.